The van der Waals surface area contributed by atoms with Crippen LogP contribution in [0, 0.1) is 10.1 Å². The lowest BCUT2D eigenvalue weighted by Crippen LogP contribution is -2.46. The molecule has 1 aliphatic heterocycles. The van der Waals surface area contributed by atoms with Crippen LogP contribution in [0.4, 0.5) is 17.1 Å². The fourth-order valence-corrected chi connectivity index (χ4v) is 8.07. The second kappa shape index (κ2) is 18.1. The number of esters is 1. The van der Waals surface area contributed by atoms with Gasteiger partial charge < -0.3 is 15.0 Å². The maximum atomic E-state index is 13.2. The number of ether oxygens (including phenoxy) is 1. The first-order valence-electron chi connectivity index (χ1n) is 17.8. The van der Waals surface area contributed by atoms with Crippen molar-refractivity contribution in [2.24, 2.45) is 0 Å². The van der Waals surface area contributed by atoms with Gasteiger partial charge in [0.05, 0.1) is 22.0 Å². The van der Waals surface area contributed by atoms with Gasteiger partial charge in [0.1, 0.15) is 5.69 Å². The fourth-order valence-electron chi connectivity index (χ4n) is 6.29. The molecule has 0 spiro atoms. The molecule has 0 radical (unpaired) electrons. The van der Waals surface area contributed by atoms with E-state index in [4.69, 9.17) is 4.74 Å². The molecule has 284 valence electrons. The van der Waals surface area contributed by atoms with Crippen LogP contribution in [0.1, 0.15) is 33.2 Å². The third kappa shape index (κ3) is 10.1. The van der Waals surface area contributed by atoms with Gasteiger partial charge in [-0.25, -0.2) is 17.9 Å². The van der Waals surface area contributed by atoms with Crippen molar-refractivity contribution in [2.45, 2.75) is 23.3 Å². The van der Waals surface area contributed by atoms with Crippen molar-refractivity contribution in [3.63, 3.8) is 0 Å². The van der Waals surface area contributed by atoms with Crippen molar-refractivity contribution >= 4 is 50.7 Å². The number of benzene rings is 5. The van der Waals surface area contributed by atoms with Crippen molar-refractivity contribution in [3.05, 3.63) is 148 Å². The minimum atomic E-state index is -4.41. The molecule has 55 heavy (non-hydrogen) atoms. The van der Waals surface area contributed by atoms with Gasteiger partial charge in [-0.05, 0) is 84.3 Å². The number of amides is 1. The van der Waals surface area contributed by atoms with E-state index in [2.05, 4.69) is 27.2 Å². The highest BCUT2D eigenvalue weighted by Crippen LogP contribution is 2.29. The summed E-state index contributed by atoms with van der Waals surface area (Å²) in [4.78, 5) is 41.8. The normalized spacial score (nSPS) is 13.2. The molecule has 5 aromatic carbocycles. The van der Waals surface area contributed by atoms with Crippen LogP contribution < -0.4 is 14.9 Å². The molecule has 1 fully saturated rings. The summed E-state index contributed by atoms with van der Waals surface area (Å²) in [6.07, 6.45) is 0. The van der Waals surface area contributed by atoms with Gasteiger partial charge in [-0.15, -0.1) is 11.8 Å². The van der Waals surface area contributed by atoms with Crippen LogP contribution in [0.15, 0.2) is 131 Å². The van der Waals surface area contributed by atoms with Gasteiger partial charge in [-0.3, -0.25) is 19.8 Å². The van der Waals surface area contributed by atoms with Crippen LogP contribution >= 0.6 is 11.8 Å². The van der Waals surface area contributed by atoms with Crippen molar-refractivity contribution in [1.29, 1.82) is 0 Å². The van der Waals surface area contributed by atoms with Crippen LogP contribution in [0.3, 0.4) is 0 Å². The first-order valence-corrected chi connectivity index (χ1v) is 20.3. The molecule has 0 bridgehead atoms. The topological polar surface area (TPSA) is 151 Å². The minimum absolute atomic E-state index is 0.137. The van der Waals surface area contributed by atoms with Crippen LogP contribution in [0.5, 0.6) is 0 Å². The number of rotatable bonds is 15. The highest BCUT2D eigenvalue weighted by atomic mass is 32.2. The fraction of sp³-hybridized carbons (Fsp3) is 0.220. The van der Waals surface area contributed by atoms with Crippen LogP contribution in [0.25, 0.3) is 11.1 Å². The lowest BCUT2D eigenvalue weighted by atomic mass is 9.97. The van der Waals surface area contributed by atoms with Crippen LogP contribution in [0.2, 0.25) is 0 Å². The van der Waals surface area contributed by atoms with E-state index in [9.17, 15) is 28.1 Å². The first-order chi connectivity index (χ1) is 26.6. The molecular formula is C41H41N5O7S2. The van der Waals surface area contributed by atoms with Gasteiger partial charge in [0, 0.05) is 67.2 Å². The number of carbonyl (C=O) groups excluding carboxylic acids is 2. The lowest BCUT2D eigenvalue weighted by Gasteiger charge is -2.36. The molecule has 1 heterocycles. The van der Waals surface area contributed by atoms with Gasteiger partial charge in [0.2, 0.25) is 0 Å². The molecule has 1 aliphatic rings. The molecule has 0 atom stereocenters. The van der Waals surface area contributed by atoms with Gasteiger partial charge in [0.25, 0.3) is 21.6 Å². The zero-order chi connectivity index (χ0) is 38.8. The van der Waals surface area contributed by atoms with E-state index < -0.39 is 26.5 Å². The van der Waals surface area contributed by atoms with Crippen LogP contribution in [-0.2, 0) is 21.3 Å². The molecule has 0 unspecified atom stereocenters. The monoisotopic (exact) mass is 779 g/mol. The number of carbonyl (C=O) groups is 2. The van der Waals surface area contributed by atoms with Gasteiger partial charge in [-0.2, -0.15) is 0 Å². The summed E-state index contributed by atoms with van der Waals surface area (Å²) >= 11 is 1.59. The van der Waals surface area contributed by atoms with E-state index in [0.29, 0.717) is 24.5 Å². The predicted octanol–water partition coefficient (Wildman–Crippen LogP) is 7.08. The first kappa shape index (κ1) is 39.0. The summed E-state index contributed by atoms with van der Waals surface area (Å²) in [5.41, 5.74) is 4.49. The smallest absolute Gasteiger partial charge is 0.338 e. The summed E-state index contributed by atoms with van der Waals surface area (Å²) in [5, 5.41) is 14.8. The van der Waals surface area contributed by atoms with E-state index >= 15 is 0 Å². The summed E-state index contributed by atoms with van der Waals surface area (Å²) in [5.74, 6) is -0.547. The van der Waals surface area contributed by atoms with Gasteiger partial charge >= 0.3 is 5.97 Å². The second-order valence-corrected chi connectivity index (χ2v) is 15.6. The number of hydrogen-bond acceptors (Lipinski definition) is 11. The average Bonchev–Trinajstić information content (AvgIpc) is 3.20. The summed E-state index contributed by atoms with van der Waals surface area (Å²) < 4.78 is 33.5. The number of anilines is 2. The van der Waals surface area contributed by atoms with Gasteiger partial charge in [-0.1, -0.05) is 54.6 Å². The Hall–Kier alpha value is -5.70. The Bertz CT molecular complexity index is 2250. The second-order valence-electron chi connectivity index (χ2n) is 12.7. The lowest BCUT2D eigenvalue weighted by molar-refractivity contribution is -0.384. The number of hydrogen-bond donors (Lipinski definition) is 2. The Morgan fingerprint density at radius 2 is 1.56 bits per heavy atom. The number of nitro benzene ring substituents is 1. The Kier molecular flexibility index (Phi) is 12.8. The highest BCUT2D eigenvalue weighted by Gasteiger charge is 2.25. The standard InChI is InChI=1S/C41H41N5O7S2/c1-2-53-41(48)32-11-8-10-31(27-32)37-14-7-6-9-33(37)29-44-22-24-45(25-23-44)34-17-15-30(16-18-34)40(47)43-55(51,52)36-19-20-38(39(28-36)46(49)50)42-21-26-54-35-12-4-3-5-13-35/h3-20,27-28,42H,2,21-26,29H2,1H3,(H,43,47). The van der Waals surface area contributed by atoms with Crippen molar-refractivity contribution in [3.8, 4) is 11.1 Å². The number of nitro groups is 1. The summed E-state index contributed by atoms with van der Waals surface area (Å²) in [6.45, 7) is 6.34. The SMILES string of the molecule is CCOC(=O)c1cccc(-c2ccccc2CN2CCN(c3ccc(C(=O)NS(=O)(=O)c4ccc(NCCSc5ccccc5)c([N+](=O)[O-])c4)cc3)CC2)c1. The Morgan fingerprint density at radius 1 is 0.836 bits per heavy atom. The third-order valence-electron chi connectivity index (χ3n) is 9.10. The molecule has 6 rings (SSSR count). The molecule has 2 N–H and O–H groups in total. The maximum absolute atomic E-state index is 13.2. The van der Waals surface area contributed by atoms with Crippen molar-refractivity contribution < 1.29 is 27.7 Å². The quantitative estimate of drug-likeness (QED) is 0.0369. The van der Waals surface area contributed by atoms with Gasteiger partial charge in [0.15, 0.2) is 0 Å². The third-order valence-corrected chi connectivity index (χ3v) is 11.4. The molecule has 0 aromatic heterocycles. The highest BCUT2D eigenvalue weighted by molar-refractivity contribution is 7.99. The molecular weight excluding hydrogens is 739 g/mol. The zero-order valence-corrected chi connectivity index (χ0v) is 31.9. The Labute approximate surface area is 324 Å². The molecule has 14 heteroatoms. The zero-order valence-electron chi connectivity index (χ0n) is 30.2. The number of sulfonamides is 1. The van der Waals surface area contributed by atoms with E-state index in [-0.39, 0.29) is 22.1 Å². The van der Waals surface area contributed by atoms with E-state index in [1.165, 1.54) is 12.1 Å². The molecule has 5 aromatic rings. The summed E-state index contributed by atoms with van der Waals surface area (Å²) in [6, 6.07) is 35.6. The predicted molar refractivity (Wildman–Crippen MR) is 215 cm³/mol. The van der Waals surface area contributed by atoms with E-state index in [1.54, 1.807) is 49.0 Å². The van der Waals surface area contributed by atoms with Crippen LogP contribution in [-0.4, -0.2) is 75.2 Å². The van der Waals surface area contributed by atoms with E-state index in [1.807, 2.05) is 65.4 Å². The number of piperazine rings is 1. The molecule has 1 saturated heterocycles. The summed E-state index contributed by atoms with van der Waals surface area (Å²) in [7, 11) is -4.41. The number of nitrogens with zero attached hydrogens (tertiary/aromatic N) is 3. The molecule has 0 saturated carbocycles. The van der Waals surface area contributed by atoms with E-state index in [0.717, 1.165) is 66.1 Å². The van der Waals surface area contributed by atoms with Crippen molar-refractivity contribution in [2.75, 3.05) is 55.3 Å². The Balaban J connectivity index is 1.03. The molecule has 0 aliphatic carbocycles. The maximum Gasteiger partial charge on any atom is 0.338 e. The number of thioether (sulfide) groups is 1. The average molecular weight is 780 g/mol. The minimum Gasteiger partial charge on any atom is -0.462 e. The number of nitrogens with one attached hydrogen (secondary N) is 2. The Morgan fingerprint density at radius 3 is 2.29 bits per heavy atom. The molecule has 12 nitrogen and oxygen atoms in total. The molecule has 1 amide bonds. The van der Waals surface area contributed by atoms with Crippen molar-refractivity contribution in [1.82, 2.24) is 9.62 Å². The largest absolute Gasteiger partial charge is 0.462 e.